The molecule has 0 bridgehead atoms. The molecule has 0 saturated heterocycles. The first-order valence-electron chi connectivity index (χ1n) is 9.09. The summed E-state index contributed by atoms with van der Waals surface area (Å²) in [6.45, 7) is 4.06. The molecule has 0 fully saturated rings. The van der Waals surface area contributed by atoms with Crippen LogP contribution in [0.4, 0.5) is 5.69 Å². The van der Waals surface area contributed by atoms with E-state index in [-0.39, 0.29) is 0 Å². The number of benzene rings is 3. The molecule has 1 aromatic heterocycles. The quantitative estimate of drug-likeness (QED) is 0.495. The topological polar surface area (TPSA) is 64.0 Å². The van der Waals surface area contributed by atoms with Crippen molar-refractivity contribution in [2.24, 2.45) is 0 Å². The summed E-state index contributed by atoms with van der Waals surface area (Å²) in [5.41, 5.74) is 13.9. The van der Waals surface area contributed by atoms with Crippen molar-refractivity contribution < 1.29 is 4.74 Å². The van der Waals surface area contributed by atoms with Gasteiger partial charge in [-0.2, -0.15) is 5.26 Å². The van der Waals surface area contributed by atoms with Gasteiger partial charge in [0.1, 0.15) is 5.75 Å². The van der Waals surface area contributed by atoms with E-state index in [1.54, 1.807) is 7.11 Å². The summed E-state index contributed by atoms with van der Waals surface area (Å²) in [7, 11) is 1.68. The van der Waals surface area contributed by atoms with Crippen molar-refractivity contribution in [1.82, 2.24) is 4.57 Å². The van der Waals surface area contributed by atoms with Gasteiger partial charge in [0, 0.05) is 28.5 Å². The summed E-state index contributed by atoms with van der Waals surface area (Å²) < 4.78 is 7.55. The van der Waals surface area contributed by atoms with Crippen LogP contribution in [0.2, 0.25) is 0 Å². The summed E-state index contributed by atoms with van der Waals surface area (Å²) in [6.07, 6.45) is 2.12. The minimum atomic E-state index is 0.638. The Balaban J connectivity index is 2.03. The fraction of sp³-hybridized carbons (Fsp3) is 0.125. The Morgan fingerprint density at radius 3 is 2.54 bits per heavy atom. The van der Waals surface area contributed by atoms with E-state index in [1.807, 2.05) is 56.3 Å². The predicted molar refractivity (Wildman–Crippen MR) is 114 cm³/mol. The van der Waals surface area contributed by atoms with E-state index in [1.165, 1.54) is 0 Å². The van der Waals surface area contributed by atoms with E-state index < -0.39 is 0 Å². The predicted octanol–water partition coefficient (Wildman–Crippen LogP) is 5.38. The fourth-order valence-electron chi connectivity index (χ4n) is 3.69. The highest BCUT2D eigenvalue weighted by Gasteiger charge is 2.15. The molecule has 1 heterocycles. The first-order valence-corrected chi connectivity index (χ1v) is 9.09. The van der Waals surface area contributed by atoms with Gasteiger partial charge in [-0.25, -0.2) is 0 Å². The standard InChI is InChI=1S/C24H21N3O/c1-15-11-18(8-10-24(15)28-3)27-14-21(19-5-4-6-22(26)16(19)2)20-12-17(13-25)7-9-23(20)27/h4-12,14H,26H2,1-3H3. The van der Waals surface area contributed by atoms with E-state index in [0.717, 1.165) is 50.3 Å². The van der Waals surface area contributed by atoms with E-state index in [0.29, 0.717) is 5.56 Å². The van der Waals surface area contributed by atoms with Crippen molar-refractivity contribution >= 4 is 16.6 Å². The van der Waals surface area contributed by atoms with Gasteiger partial charge in [-0.3, -0.25) is 0 Å². The largest absolute Gasteiger partial charge is 0.496 e. The van der Waals surface area contributed by atoms with Gasteiger partial charge < -0.3 is 15.0 Å². The van der Waals surface area contributed by atoms with E-state index >= 15 is 0 Å². The third kappa shape index (κ3) is 2.78. The number of ether oxygens (including phenoxy) is 1. The number of nitrogens with zero attached hydrogens (tertiary/aromatic N) is 2. The van der Waals surface area contributed by atoms with Gasteiger partial charge >= 0.3 is 0 Å². The van der Waals surface area contributed by atoms with Gasteiger partial charge in [0.05, 0.1) is 24.3 Å². The summed E-state index contributed by atoms with van der Waals surface area (Å²) in [5.74, 6) is 0.860. The molecule has 0 unspecified atom stereocenters. The summed E-state index contributed by atoms with van der Waals surface area (Å²) in [5, 5.41) is 10.4. The number of nitrogens with two attached hydrogens (primary N) is 1. The number of anilines is 1. The van der Waals surface area contributed by atoms with Crippen LogP contribution in [0.25, 0.3) is 27.7 Å². The Labute approximate surface area is 164 Å². The number of hydrogen-bond acceptors (Lipinski definition) is 3. The number of aromatic nitrogens is 1. The van der Waals surface area contributed by atoms with Crippen LogP contribution in [0.5, 0.6) is 5.75 Å². The van der Waals surface area contributed by atoms with Gasteiger partial charge in [0.2, 0.25) is 0 Å². The molecule has 0 aliphatic heterocycles. The summed E-state index contributed by atoms with van der Waals surface area (Å²) in [6, 6.07) is 20.1. The minimum absolute atomic E-state index is 0.638. The van der Waals surface area contributed by atoms with Crippen molar-refractivity contribution in [3.8, 4) is 28.6 Å². The maximum atomic E-state index is 9.38. The van der Waals surface area contributed by atoms with Crippen LogP contribution in [-0.4, -0.2) is 11.7 Å². The number of fused-ring (bicyclic) bond motifs is 1. The second-order valence-electron chi connectivity index (χ2n) is 6.93. The number of nitrogen functional groups attached to an aromatic ring is 1. The van der Waals surface area contributed by atoms with Gasteiger partial charge in [-0.1, -0.05) is 12.1 Å². The fourth-order valence-corrected chi connectivity index (χ4v) is 3.69. The average molecular weight is 367 g/mol. The van der Waals surface area contributed by atoms with Crippen LogP contribution < -0.4 is 10.5 Å². The van der Waals surface area contributed by atoms with Crippen LogP contribution in [0.1, 0.15) is 16.7 Å². The molecule has 138 valence electrons. The summed E-state index contributed by atoms with van der Waals surface area (Å²) >= 11 is 0. The summed E-state index contributed by atoms with van der Waals surface area (Å²) in [4.78, 5) is 0. The van der Waals surface area contributed by atoms with Gasteiger partial charge in [-0.05, 0) is 73.0 Å². The minimum Gasteiger partial charge on any atom is -0.496 e. The van der Waals surface area contributed by atoms with Crippen LogP contribution in [-0.2, 0) is 0 Å². The zero-order valence-corrected chi connectivity index (χ0v) is 16.2. The lowest BCUT2D eigenvalue weighted by molar-refractivity contribution is 0.411. The van der Waals surface area contributed by atoms with Crippen molar-refractivity contribution in [1.29, 1.82) is 5.26 Å². The van der Waals surface area contributed by atoms with Crippen LogP contribution in [0.15, 0.2) is 60.8 Å². The maximum absolute atomic E-state index is 9.38. The number of hydrogen-bond donors (Lipinski definition) is 1. The number of nitriles is 1. The van der Waals surface area contributed by atoms with Gasteiger partial charge in [0.25, 0.3) is 0 Å². The van der Waals surface area contributed by atoms with Gasteiger partial charge in [0.15, 0.2) is 0 Å². The second-order valence-corrected chi connectivity index (χ2v) is 6.93. The zero-order valence-electron chi connectivity index (χ0n) is 16.2. The third-order valence-electron chi connectivity index (χ3n) is 5.26. The lowest BCUT2D eigenvalue weighted by Gasteiger charge is -2.10. The Kier molecular flexibility index (Phi) is 4.29. The molecule has 0 saturated carbocycles. The number of methoxy groups -OCH3 is 1. The highest BCUT2D eigenvalue weighted by Crippen LogP contribution is 2.36. The Bertz CT molecular complexity index is 1240. The first kappa shape index (κ1) is 17.7. The molecular formula is C24H21N3O. The average Bonchev–Trinajstić information content (AvgIpc) is 3.08. The Morgan fingerprint density at radius 2 is 1.82 bits per heavy atom. The van der Waals surface area contributed by atoms with Gasteiger partial charge in [-0.15, -0.1) is 0 Å². The molecule has 0 aliphatic rings. The lowest BCUT2D eigenvalue weighted by Crippen LogP contribution is -1.95. The molecule has 2 N–H and O–H groups in total. The molecule has 4 aromatic rings. The van der Waals surface area contributed by atoms with E-state index in [2.05, 4.69) is 29.0 Å². The van der Waals surface area contributed by atoms with Crippen LogP contribution >= 0.6 is 0 Å². The van der Waals surface area contributed by atoms with Crippen molar-refractivity contribution in [2.75, 3.05) is 12.8 Å². The normalized spacial score (nSPS) is 10.8. The molecule has 0 spiro atoms. The zero-order chi connectivity index (χ0) is 19.8. The van der Waals surface area contributed by atoms with Crippen molar-refractivity contribution in [3.05, 3.63) is 77.5 Å². The SMILES string of the molecule is COc1ccc(-n2cc(-c3cccc(N)c3C)c3cc(C#N)ccc32)cc1C. The van der Waals surface area contributed by atoms with Crippen LogP contribution in [0, 0.1) is 25.2 Å². The molecule has 0 amide bonds. The Morgan fingerprint density at radius 1 is 1.00 bits per heavy atom. The molecule has 4 heteroatoms. The van der Waals surface area contributed by atoms with E-state index in [9.17, 15) is 5.26 Å². The highest BCUT2D eigenvalue weighted by molar-refractivity contribution is 5.99. The smallest absolute Gasteiger partial charge is 0.121 e. The third-order valence-corrected chi connectivity index (χ3v) is 5.26. The molecule has 0 radical (unpaired) electrons. The molecule has 4 rings (SSSR count). The monoisotopic (exact) mass is 367 g/mol. The molecule has 4 nitrogen and oxygen atoms in total. The van der Waals surface area contributed by atoms with Crippen molar-refractivity contribution in [2.45, 2.75) is 13.8 Å². The lowest BCUT2D eigenvalue weighted by atomic mass is 9.98. The van der Waals surface area contributed by atoms with E-state index in [4.69, 9.17) is 10.5 Å². The first-order chi connectivity index (χ1) is 13.5. The number of aryl methyl sites for hydroxylation is 1. The Hall–Kier alpha value is -3.71. The molecule has 0 aliphatic carbocycles. The van der Waals surface area contributed by atoms with Crippen LogP contribution in [0.3, 0.4) is 0 Å². The molecule has 0 atom stereocenters. The van der Waals surface area contributed by atoms with Crippen molar-refractivity contribution in [3.63, 3.8) is 0 Å². The highest BCUT2D eigenvalue weighted by atomic mass is 16.5. The molecular weight excluding hydrogens is 346 g/mol. The number of rotatable bonds is 3. The maximum Gasteiger partial charge on any atom is 0.121 e. The molecule has 3 aromatic carbocycles. The second kappa shape index (κ2) is 6.79. The molecule has 28 heavy (non-hydrogen) atoms.